The summed E-state index contributed by atoms with van der Waals surface area (Å²) < 4.78 is 5.65. The van der Waals surface area contributed by atoms with E-state index in [2.05, 4.69) is 0 Å². The molecule has 0 spiro atoms. The van der Waals surface area contributed by atoms with Crippen molar-refractivity contribution < 1.29 is 30.0 Å². The lowest BCUT2D eigenvalue weighted by Crippen LogP contribution is -2.54. The molecule has 1 fully saturated rings. The quantitative estimate of drug-likeness (QED) is 0.338. The van der Waals surface area contributed by atoms with Crippen LogP contribution >= 0.6 is 0 Å². The lowest BCUT2D eigenvalue weighted by Gasteiger charge is -2.39. The van der Waals surface area contributed by atoms with Crippen molar-refractivity contribution in [1.29, 1.82) is 0 Å². The van der Waals surface area contributed by atoms with Crippen LogP contribution in [0.2, 0.25) is 0 Å². The SMILES string of the molecule is CCN(CC)C(=O)/C=C(\C)[C@@H](O)[C@@H]1OC[C@H](C/C=C/[C@@H](C)[C@H](C)O)[C@@H](O)[C@H]1O. The van der Waals surface area contributed by atoms with E-state index in [9.17, 15) is 25.2 Å². The topological polar surface area (TPSA) is 110 Å². The van der Waals surface area contributed by atoms with Crippen molar-refractivity contribution in [3.8, 4) is 0 Å². The van der Waals surface area contributed by atoms with Crippen LogP contribution < -0.4 is 0 Å². The Bertz CT molecular complexity index is 543. The Labute approximate surface area is 168 Å². The molecule has 0 aromatic heterocycles. The third-order valence-electron chi connectivity index (χ3n) is 5.52. The smallest absolute Gasteiger partial charge is 0.246 e. The molecule has 7 nitrogen and oxygen atoms in total. The molecule has 7 heteroatoms. The number of rotatable bonds is 9. The molecule has 1 aliphatic rings. The normalized spacial score (nSPS) is 29.5. The number of hydrogen-bond acceptors (Lipinski definition) is 6. The molecule has 0 unspecified atom stereocenters. The summed E-state index contributed by atoms with van der Waals surface area (Å²) in [5, 5.41) is 40.9. The van der Waals surface area contributed by atoms with E-state index in [-0.39, 0.29) is 24.3 Å². The molecule has 162 valence electrons. The van der Waals surface area contributed by atoms with Crippen molar-refractivity contribution in [2.45, 2.75) is 71.6 Å². The molecule has 7 atom stereocenters. The van der Waals surface area contributed by atoms with E-state index in [1.165, 1.54) is 6.08 Å². The molecular weight excluding hydrogens is 362 g/mol. The first-order chi connectivity index (χ1) is 13.1. The van der Waals surface area contributed by atoms with Gasteiger partial charge in [-0.15, -0.1) is 0 Å². The summed E-state index contributed by atoms with van der Waals surface area (Å²) in [7, 11) is 0. The molecule has 0 radical (unpaired) electrons. The molecule has 1 rings (SSSR count). The molecular formula is C21H37NO6. The highest BCUT2D eigenvalue weighted by Crippen LogP contribution is 2.27. The number of likely N-dealkylation sites (N-methyl/N-ethyl adjacent to an activating group) is 1. The fourth-order valence-electron chi connectivity index (χ4n) is 3.19. The van der Waals surface area contributed by atoms with Crippen LogP contribution in [0, 0.1) is 11.8 Å². The minimum atomic E-state index is -1.26. The number of aliphatic hydroxyl groups excluding tert-OH is 4. The van der Waals surface area contributed by atoms with Crippen LogP contribution in [0.3, 0.4) is 0 Å². The number of amides is 1. The maximum absolute atomic E-state index is 12.2. The summed E-state index contributed by atoms with van der Waals surface area (Å²) in [6.45, 7) is 10.3. The number of aliphatic hydroxyl groups is 4. The lowest BCUT2D eigenvalue weighted by molar-refractivity contribution is -0.187. The van der Waals surface area contributed by atoms with Crippen molar-refractivity contribution in [3.05, 3.63) is 23.8 Å². The molecule has 0 saturated carbocycles. The van der Waals surface area contributed by atoms with Crippen LogP contribution in [-0.4, -0.2) is 81.4 Å². The zero-order valence-electron chi connectivity index (χ0n) is 17.7. The standard InChI is InChI=1S/C21H37NO6/c1-6-22(7-2)17(24)11-14(4)18(25)21-20(27)19(26)16(12-28-21)10-8-9-13(3)15(5)23/h8-9,11,13,15-16,18-21,23,25-27H,6-7,10,12H2,1-5H3/b9-8+,14-11+/t13-,15+,16+,18-,19-,20-,21+/m1/s1. The van der Waals surface area contributed by atoms with Gasteiger partial charge in [0.1, 0.15) is 18.3 Å². The maximum Gasteiger partial charge on any atom is 0.246 e. The lowest BCUT2D eigenvalue weighted by atomic mass is 9.86. The Balaban J connectivity index is 2.72. The van der Waals surface area contributed by atoms with Crippen molar-refractivity contribution in [1.82, 2.24) is 4.90 Å². The Morgan fingerprint density at radius 3 is 2.32 bits per heavy atom. The Hall–Kier alpha value is -1.25. The minimum absolute atomic E-state index is 0.00252. The van der Waals surface area contributed by atoms with E-state index in [4.69, 9.17) is 4.74 Å². The molecule has 0 aromatic rings. The van der Waals surface area contributed by atoms with Crippen molar-refractivity contribution in [3.63, 3.8) is 0 Å². The second kappa shape index (κ2) is 11.7. The average Bonchev–Trinajstić information content (AvgIpc) is 2.65. The van der Waals surface area contributed by atoms with Gasteiger partial charge in [0.25, 0.3) is 0 Å². The van der Waals surface area contributed by atoms with Crippen molar-refractivity contribution >= 4 is 5.91 Å². The number of allylic oxidation sites excluding steroid dienone is 1. The molecule has 0 aliphatic carbocycles. The molecule has 4 N–H and O–H groups in total. The summed E-state index contributed by atoms with van der Waals surface area (Å²) in [6, 6.07) is 0. The molecule has 1 amide bonds. The predicted molar refractivity (Wildman–Crippen MR) is 108 cm³/mol. The largest absolute Gasteiger partial charge is 0.393 e. The third kappa shape index (κ3) is 6.67. The summed E-state index contributed by atoms with van der Waals surface area (Å²) in [4.78, 5) is 13.8. The summed E-state index contributed by atoms with van der Waals surface area (Å²) >= 11 is 0. The van der Waals surface area contributed by atoms with Crippen molar-refractivity contribution in [2.75, 3.05) is 19.7 Å². The van der Waals surface area contributed by atoms with E-state index in [0.717, 1.165) is 0 Å². The van der Waals surface area contributed by atoms with E-state index in [0.29, 0.717) is 25.1 Å². The summed E-state index contributed by atoms with van der Waals surface area (Å²) in [6.07, 6.45) is 0.641. The predicted octanol–water partition coefficient (Wildman–Crippen LogP) is 0.862. The van der Waals surface area contributed by atoms with Crippen LogP contribution in [0.1, 0.15) is 41.0 Å². The van der Waals surface area contributed by atoms with Gasteiger partial charge in [0.2, 0.25) is 5.91 Å². The number of hydrogen-bond donors (Lipinski definition) is 4. The highest BCUT2D eigenvalue weighted by Gasteiger charge is 2.41. The van der Waals surface area contributed by atoms with Gasteiger partial charge in [-0.1, -0.05) is 19.1 Å². The minimum Gasteiger partial charge on any atom is -0.393 e. The van der Waals surface area contributed by atoms with Gasteiger partial charge in [0.05, 0.1) is 18.8 Å². The molecule has 28 heavy (non-hydrogen) atoms. The average molecular weight is 400 g/mol. The van der Waals surface area contributed by atoms with Crippen molar-refractivity contribution in [2.24, 2.45) is 11.8 Å². The van der Waals surface area contributed by atoms with E-state index < -0.39 is 30.5 Å². The number of nitrogens with zero attached hydrogens (tertiary/aromatic N) is 1. The fraction of sp³-hybridized carbons (Fsp3) is 0.762. The zero-order valence-corrected chi connectivity index (χ0v) is 17.7. The zero-order chi connectivity index (χ0) is 21.4. The first kappa shape index (κ1) is 24.8. The van der Waals surface area contributed by atoms with E-state index >= 15 is 0 Å². The van der Waals surface area contributed by atoms with E-state index in [1.54, 1.807) is 18.7 Å². The Morgan fingerprint density at radius 2 is 1.79 bits per heavy atom. The molecule has 1 heterocycles. The van der Waals surface area contributed by atoms with Gasteiger partial charge in [0, 0.05) is 25.1 Å². The monoisotopic (exact) mass is 399 g/mol. The second-order valence-corrected chi connectivity index (χ2v) is 7.65. The summed E-state index contributed by atoms with van der Waals surface area (Å²) in [5.74, 6) is -0.516. The van der Waals surface area contributed by atoms with Gasteiger partial charge in [-0.05, 0) is 45.6 Å². The van der Waals surface area contributed by atoms with Gasteiger partial charge in [-0.25, -0.2) is 0 Å². The van der Waals surface area contributed by atoms with Crippen LogP contribution in [0.25, 0.3) is 0 Å². The maximum atomic E-state index is 12.2. The summed E-state index contributed by atoms with van der Waals surface area (Å²) in [5.41, 5.74) is 0.386. The van der Waals surface area contributed by atoms with Crippen LogP contribution in [0.5, 0.6) is 0 Å². The fourth-order valence-corrected chi connectivity index (χ4v) is 3.19. The Kier molecular flexibility index (Phi) is 10.3. The highest BCUT2D eigenvalue weighted by molar-refractivity contribution is 5.88. The van der Waals surface area contributed by atoms with Gasteiger partial charge in [-0.2, -0.15) is 0 Å². The third-order valence-corrected chi connectivity index (χ3v) is 5.52. The highest BCUT2D eigenvalue weighted by atomic mass is 16.5. The van der Waals surface area contributed by atoms with E-state index in [1.807, 2.05) is 32.9 Å². The first-order valence-electron chi connectivity index (χ1n) is 10.1. The van der Waals surface area contributed by atoms with Gasteiger partial charge < -0.3 is 30.1 Å². The van der Waals surface area contributed by atoms with Crippen LogP contribution in [0.15, 0.2) is 23.8 Å². The van der Waals surface area contributed by atoms with Crippen LogP contribution in [-0.2, 0) is 9.53 Å². The van der Waals surface area contributed by atoms with Gasteiger partial charge >= 0.3 is 0 Å². The second-order valence-electron chi connectivity index (χ2n) is 7.65. The number of ether oxygens (including phenoxy) is 1. The van der Waals surface area contributed by atoms with Crippen LogP contribution in [0.4, 0.5) is 0 Å². The number of carbonyl (C=O) groups is 1. The molecule has 1 saturated heterocycles. The van der Waals surface area contributed by atoms with Gasteiger partial charge in [0.15, 0.2) is 0 Å². The first-order valence-corrected chi connectivity index (χ1v) is 10.1. The molecule has 0 bridgehead atoms. The number of carbonyl (C=O) groups excluding carboxylic acids is 1. The molecule has 0 aromatic carbocycles. The van der Waals surface area contributed by atoms with Gasteiger partial charge in [-0.3, -0.25) is 4.79 Å². The molecule has 1 aliphatic heterocycles. The Morgan fingerprint density at radius 1 is 1.18 bits per heavy atom.